The second-order valence-corrected chi connectivity index (χ2v) is 5.28. The van der Waals surface area contributed by atoms with Gasteiger partial charge in [0.15, 0.2) is 0 Å². The van der Waals surface area contributed by atoms with Crippen LogP contribution >= 0.6 is 0 Å². The number of ether oxygens (including phenoxy) is 1. The van der Waals surface area contributed by atoms with Gasteiger partial charge in [0.2, 0.25) is 10.0 Å². The van der Waals surface area contributed by atoms with Crippen molar-refractivity contribution in [1.82, 2.24) is 4.72 Å². The third-order valence-corrected chi connectivity index (χ3v) is 3.57. The lowest BCUT2D eigenvalue weighted by Gasteiger charge is -2.18. The van der Waals surface area contributed by atoms with Crippen LogP contribution in [-0.4, -0.2) is 33.9 Å². The molecule has 0 bridgehead atoms. The summed E-state index contributed by atoms with van der Waals surface area (Å²) in [6.45, 7) is 0.248. The van der Waals surface area contributed by atoms with Gasteiger partial charge in [0.1, 0.15) is 0 Å². The maximum Gasteiger partial charge on any atom is 0.214 e. The van der Waals surface area contributed by atoms with Crippen LogP contribution in [0.3, 0.4) is 0 Å². The Morgan fingerprint density at radius 3 is 2.86 bits per heavy atom. The standard InChI is InChI=1S/C9H17NO3S/c1-13-7-8-14(11,12)10-9-5-3-2-4-6-9/h2-3,9-10H,4-8H2,1H3. The van der Waals surface area contributed by atoms with E-state index < -0.39 is 10.0 Å². The molecule has 0 saturated heterocycles. The molecule has 1 atom stereocenters. The topological polar surface area (TPSA) is 55.4 Å². The van der Waals surface area contributed by atoms with Gasteiger partial charge in [0.05, 0.1) is 12.4 Å². The number of rotatable bonds is 5. The van der Waals surface area contributed by atoms with E-state index >= 15 is 0 Å². The molecular formula is C9H17NO3S. The van der Waals surface area contributed by atoms with Crippen LogP contribution in [0, 0.1) is 0 Å². The van der Waals surface area contributed by atoms with Gasteiger partial charge in [-0.25, -0.2) is 13.1 Å². The lowest BCUT2D eigenvalue weighted by atomic mass is 10.0. The van der Waals surface area contributed by atoms with Gasteiger partial charge in [-0.05, 0) is 19.3 Å². The minimum Gasteiger partial charge on any atom is -0.384 e. The predicted molar refractivity (Wildman–Crippen MR) is 55.6 cm³/mol. The highest BCUT2D eigenvalue weighted by Gasteiger charge is 2.17. The summed E-state index contributed by atoms with van der Waals surface area (Å²) in [7, 11) is -1.65. The molecule has 0 fully saturated rings. The van der Waals surface area contributed by atoms with Crippen LogP contribution < -0.4 is 4.72 Å². The van der Waals surface area contributed by atoms with Gasteiger partial charge >= 0.3 is 0 Å². The van der Waals surface area contributed by atoms with Crippen LogP contribution in [0.5, 0.6) is 0 Å². The molecule has 4 nitrogen and oxygen atoms in total. The second kappa shape index (κ2) is 5.48. The van der Waals surface area contributed by atoms with E-state index in [1.165, 1.54) is 7.11 Å². The number of nitrogens with one attached hydrogen (secondary N) is 1. The molecule has 1 N–H and O–H groups in total. The van der Waals surface area contributed by atoms with Crippen LogP contribution in [0.25, 0.3) is 0 Å². The zero-order valence-corrected chi connectivity index (χ0v) is 9.22. The molecule has 0 heterocycles. The highest BCUT2D eigenvalue weighted by Crippen LogP contribution is 2.11. The predicted octanol–water partition coefficient (Wildman–Crippen LogP) is 0.661. The minimum absolute atomic E-state index is 0.0454. The Morgan fingerprint density at radius 2 is 2.29 bits per heavy atom. The van der Waals surface area contributed by atoms with Crippen molar-refractivity contribution in [1.29, 1.82) is 0 Å². The normalized spacial score (nSPS) is 22.5. The maximum atomic E-state index is 11.4. The minimum atomic E-state index is -3.15. The van der Waals surface area contributed by atoms with Gasteiger partial charge in [-0.1, -0.05) is 12.2 Å². The van der Waals surface area contributed by atoms with Crippen molar-refractivity contribution in [3.05, 3.63) is 12.2 Å². The average molecular weight is 219 g/mol. The van der Waals surface area contributed by atoms with E-state index in [4.69, 9.17) is 4.74 Å². The summed E-state index contributed by atoms with van der Waals surface area (Å²) in [6.07, 6.45) is 6.75. The molecule has 1 aliphatic carbocycles. The van der Waals surface area contributed by atoms with Crippen molar-refractivity contribution in [3.8, 4) is 0 Å². The second-order valence-electron chi connectivity index (χ2n) is 3.41. The summed E-state index contributed by atoms with van der Waals surface area (Å²) in [5.74, 6) is 0.0454. The quantitative estimate of drug-likeness (QED) is 0.691. The summed E-state index contributed by atoms with van der Waals surface area (Å²) in [4.78, 5) is 0. The Labute approximate surface area is 85.4 Å². The molecule has 0 aromatic heterocycles. The van der Waals surface area contributed by atoms with Crippen LogP contribution in [0.15, 0.2) is 12.2 Å². The molecule has 0 aliphatic heterocycles. The molecule has 1 rings (SSSR count). The lowest BCUT2D eigenvalue weighted by molar-refractivity contribution is 0.216. The van der Waals surface area contributed by atoms with Crippen LogP contribution in [0.4, 0.5) is 0 Å². The van der Waals surface area contributed by atoms with E-state index in [9.17, 15) is 8.42 Å². The van der Waals surface area contributed by atoms with Gasteiger partial charge in [0.25, 0.3) is 0 Å². The van der Waals surface area contributed by atoms with Crippen molar-refractivity contribution in [2.45, 2.75) is 25.3 Å². The van der Waals surface area contributed by atoms with E-state index in [0.29, 0.717) is 0 Å². The molecule has 0 spiro atoms. The molecule has 0 aromatic carbocycles. The van der Waals surface area contributed by atoms with Gasteiger partial charge in [-0.3, -0.25) is 0 Å². The van der Waals surface area contributed by atoms with Crippen LogP contribution in [0.1, 0.15) is 19.3 Å². The van der Waals surface area contributed by atoms with E-state index in [2.05, 4.69) is 10.8 Å². The first-order chi connectivity index (χ1) is 6.64. The van der Waals surface area contributed by atoms with Gasteiger partial charge < -0.3 is 4.74 Å². The molecule has 5 heteroatoms. The summed E-state index contributed by atoms with van der Waals surface area (Å²) >= 11 is 0. The number of methoxy groups -OCH3 is 1. The van der Waals surface area contributed by atoms with E-state index in [1.807, 2.05) is 6.08 Å². The third-order valence-electron chi connectivity index (χ3n) is 2.17. The smallest absolute Gasteiger partial charge is 0.214 e. The van der Waals surface area contributed by atoms with Gasteiger partial charge in [-0.2, -0.15) is 0 Å². The molecule has 82 valence electrons. The van der Waals surface area contributed by atoms with E-state index in [1.54, 1.807) is 0 Å². The third kappa shape index (κ3) is 4.21. The number of sulfonamides is 1. The molecule has 0 saturated carbocycles. The summed E-state index contributed by atoms with van der Waals surface area (Å²) in [5.41, 5.74) is 0. The van der Waals surface area contributed by atoms with Crippen LogP contribution in [-0.2, 0) is 14.8 Å². The molecular weight excluding hydrogens is 202 g/mol. The Hall–Kier alpha value is -0.390. The Balaban J connectivity index is 2.38. The first-order valence-electron chi connectivity index (χ1n) is 4.78. The fraction of sp³-hybridized carbons (Fsp3) is 0.778. The van der Waals surface area contributed by atoms with Crippen molar-refractivity contribution in [2.75, 3.05) is 19.5 Å². The molecule has 0 aromatic rings. The highest BCUT2D eigenvalue weighted by atomic mass is 32.2. The molecule has 0 amide bonds. The fourth-order valence-electron chi connectivity index (χ4n) is 1.41. The van der Waals surface area contributed by atoms with Gasteiger partial charge in [-0.15, -0.1) is 0 Å². The largest absolute Gasteiger partial charge is 0.384 e. The lowest BCUT2D eigenvalue weighted by Crippen LogP contribution is -2.37. The van der Waals surface area contributed by atoms with Crippen LogP contribution in [0.2, 0.25) is 0 Å². The summed E-state index contributed by atoms with van der Waals surface area (Å²) < 4.78 is 30.3. The zero-order valence-electron chi connectivity index (χ0n) is 8.40. The number of hydrogen-bond acceptors (Lipinski definition) is 3. The monoisotopic (exact) mass is 219 g/mol. The highest BCUT2D eigenvalue weighted by molar-refractivity contribution is 7.89. The Morgan fingerprint density at radius 1 is 1.50 bits per heavy atom. The molecule has 1 unspecified atom stereocenters. The number of allylic oxidation sites excluding steroid dienone is 1. The number of hydrogen-bond donors (Lipinski definition) is 1. The Kier molecular flexibility index (Phi) is 4.57. The molecule has 1 aliphatic rings. The van der Waals surface area contributed by atoms with Crippen molar-refractivity contribution in [3.63, 3.8) is 0 Å². The molecule has 0 radical (unpaired) electrons. The summed E-state index contributed by atoms with van der Waals surface area (Å²) in [6, 6.07) is 0.0712. The van der Waals surface area contributed by atoms with Gasteiger partial charge in [0, 0.05) is 13.2 Å². The first kappa shape index (κ1) is 11.7. The first-order valence-corrected chi connectivity index (χ1v) is 6.43. The Bertz CT molecular complexity index is 284. The fourth-order valence-corrected chi connectivity index (χ4v) is 2.63. The van der Waals surface area contributed by atoms with E-state index in [-0.39, 0.29) is 18.4 Å². The average Bonchev–Trinajstić information content (AvgIpc) is 2.16. The zero-order chi connectivity index (χ0) is 10.4. The van der Waals surface area contributed by atoms with Crippen molar-refractivity contribution in [2.24, 2.45) is 0 Å². The summed E-state index contributed by atoms with van der Waals surface area (Å²) in [5, 5.41) is 0. The SMILES string of the molecule is COCCS(=O)(=O)NC1CC=CCC1. The van der Waals surface area contributed by atoms with Crippen molar-refractivity contribution >= 4 is 10.0 Å². The maximum absolute atomic E-state index is 11.4. The van der Waals surface area contributed by atoms with E-state index in [0.717, 1.165) is 19.3 Å². The molecule has 14 heavy (non-hydrogen) atoms. The van der Waals surface area contributed by atoms with Crippen molar-refractivity contribution < 1.29 is 13.2 Å².